The topological polar surface area (TPSA) is 62.3 Å². The Hall–Kier alpha value is -3.47. The van der Waals surface area contributed by atoms with Gasteiger partial charge in [-0.05, 0) is 78.0 Å². The number of halogens is 13. The summed E-state index contributed by atoms with van der Waals surface area (Å²) in [5.74, 6) is -3.85. The summed E-state index contributed by atoms with van der Waals surface area (Å²) in [6, 6.07) is 3.91. The Kier molecular flexibility index (Phi) is 9.45. The first kappa shape index (κ1) is 35.4. The van der Waals surface area contributed by atoms with Crippen molar-refractivity contribution in [2.45, 2.75) is 50.0 Å². The van der Waals surface area contributed by atoms with E-state index in [9.17, 15) is 53.5 Å². The zero-order chi connectivity index (χ0) is 34.6. The van der Waals surface area contributed by atoms with Crippen LogP contribution in [0.5, 0.6) is 0 Å². The molecule has 5 nitrogen and oxygen atoms in total. The van der Waals surface area contributed by atoms with Crippen molar-refractivity contribution in [3.8, 4) is 0 Å². The number of nitrogens with zero attached hydrogens (tertiary/aromatic N) is 2. The Morgan fingerprint density at radius 2 is 1.59 bits per heavy atom. The van der Waals surface area contributed by atoms with Crippen LogP contribution in [-0.2, 0) is 11.8 Å². The number of hydrogen-bond acceptors (Lipinski definition) is 3. The summed E-state index contributed by atoms with van der Waals surface area (Å²) in [7, 11) is 0. The molecule has 0 spiro atoms. The van der Waals surface area contributed by atoms with Crippen molar-refractivity contribution in [3.63, 3.8) is 0 Å². The summed E-state index contributed by atoms with van der Waals surface area (Å²) in [4.78, 5) is 31.4. The first-order valence-electron chi connectivity index (χ1n) is 12.9. The number of hydrogen-bond donors (Lipinski definition) is 1. The largest absolute Gasteiger partial charge is 0.435 e. The summed E-state index contributed by atoms with van der Waals surface area (Å²) in [5, 5.41) is 1.57. The fourth-order valence-electron chi connectivity index (χ4n) is 4.68. The summed E-state index contributed by atoms with van der Waals surface area (Å²) >= 11 is 8.27. The molecular formula is C28H18BrClF11N3O2. The SMILES string of the molecule is CC(C1CC1)N(C(=O)c1ccnc(Cl)c1)c1cccc(C(=O)Nc2c(Br)cc(C(F)(C(F)(F)F)C(F)(F)F)cc2C(F)(F)F)c1F. The number of carbonyl (C=O) groups is 2. The molecular weight excluding hydrogens is 735 g/mol. The lowest BCUT2D eigenvalue weighted by molar-refractivity contribution is -0.348. The first-order chi connectivity index (χ1) is 21.1. The fraction of sp³-hybridized carbons (Fsp3) is 0.321. The summed E-state index contributed by atoms with van der Waals surface area (Å²) in [6.45, 7) is 1.60. The average molecular weight is 753 g/mol. The smallest absolute Gasteiger partial charge is 0.320 e. The number of pyridine rings is 1. The zero-order valence-corrected chi connectivity index (χ0v) is 25.2. The van der Waals surface area contributed by atoms with Crippen LogP contribution < -0.4 is 10.2 Å². The van der Waals surface area contributed by atoms with Crippen molar-refractivity contribution in [1.82, 2.24) is 4.98 Å². The van der Waals surface area contributed by atoms with Crippen LogP contribution in [0.2, 0.25) is 5.15 Å². The van der Waals surface area contributed by atoms with Gasteiger partial charge in [0.2, 0.25) is 0 Å². The summed E-state index contributed by atoms with van der Waals surface area (Å²) in [5.41, 5.74) is -13.8. The van der Waals surface area contributed by atoms with Crippen molar-refractivity contribution in [2.24, 2.45) is 5.92 Å². The van der Waals surface area contributed by atoms with Gasteiger partial charge in [-0.1, -0.05) is 17.7 Å². The molecule has 46 heavy (non-hydrogen) atoms. The van der Waals surface area contributed by atoms with E-state index in [1.807, 2.05) is 0 Å². The van der Waals surface area contributed by atoms with E-state index in [-0.39, 0.29) is 22.7 Å². The molecule has 1 N–H and O–H groups in total. The Balaban J connectivity index is 1.80. The highest BCUT2D eigenvalue weighted by atomic mass is 79.9. The van der Waals surface area contributed by atoms with Gasteiger partial charge in [0.1, 0.15) is 5.15 Å². The fourth-order valence-corrected chi connectivity index (χ4v) is 5.42. The van der Waals surface area contributed by atoms with Gasteiger partial charge >= 0.3 is 24.2 Å². The number of amides is 2. The van der Waals surface area contributed by atoms with Crippen LogP contribution in [0, 0.1) is 11.7 Å². The minimum absolute atomic E-state index is 0.0118. The monoisotopic (exact) mass is 751 g/mol. The number of benzene rings is 2. The first-order valence-corrected chi connectivity index (χ1v) is 14.0. The van der Waals surface area contributed by atoms with E-state index >= 15 is 4.39 Å². The van der Waals surface area contributed by atoms with E-state index in [1.165, 1.54) is 18.3 Å². The molecule has 248 valence electrons. The molecule has 18 heteroatoms. The minimum atomic E-state index is -6.73. The van der Waals surface area contributed by atoms with Gasteiger partial charge in [0, 0.05) is 27.8 Å². The molecule has 1 heterocycles. The van der Waals surface area contributed by atoms with Crippen LogP contribution >= 0.6 is 27.5 Å². The Labute approximate surface area is 265 Å². The lowest BCUT2D eigenvalue weighted by Crippen LogP contribution is -2.50. The van der Waals surface area contributed by atoms with Gasteiger partial charge in [-0.25, -0.2) is 13.8 Å². The van der Waals surface area contributed by atoms with Crippen LogP contribution in [0.15, 0.2) is 53.1 Å². The van der Waals surface area contributed by atoms with E-state index in [1.54, 1.807) is 12.2 Å². The second kappa shape index (κ2) is 12.3. The summed E-state index contributed by atoms with van der Waals surface area (Å²) in [6.07, 6.45) is -16.6. The second-order valence-corrected chi connectivity index (χ2v) is 11.5. The number of alkyl halides is 10. The van der Waals surface area contributed by atoms with E-state index < -0.39 is 86.5 Å². The maximum absolute atomic E-state index is 16.0. The van der Waals surface area contributed by atoms with Crippen molar-refractivity contribution < 1.29 is 57.9 Å². The van der Waals surface area contributed by atoms with Gasteiger partial charge in [-0.3, -0.25) is 9.59 Å². The van der Waals surface area contributed by atoms with E-state index in [0.29, 0.717) is 12.8 Å². The van der Waals surface area contributed by atoms with Gasteiger partial charge in [0.05, 0.1) is 22.5 Å². The third kappa shape index (κ3) is 6.66. The highest BCUT2D eigenvalue weighted by molar-refractivity contribution is 9.10. The Morgan fingerprint density at radius 1 is 0.978 bits per heavy atom. The van der Waals surface area contributed by atoms with Crippen molar-refractivity contribution in [3.05, 3.63) is 86.4 Å². The molecule has 1 aliphatic rings. The lowest BCUT2D eigenvalue weighted by Gasteiger charge is -2.31. The maximum Gasteiger partial charge on any atom is 0.435 e. The molecule has 1 aliphatic carbocycles. The van der Waals surface area contributed by atoms with Gasteiger partial charge < -0.3 is 10.2 Å². The van der Waals surface area contributed by atoms with Crippen LogP contribution in [0.4, 0.5) is 59.7 Å². The number of aromatic nitrogens is 1. The average Bonchev–Trinajstić information content (AvgIpc) is 3.78. The molecule has 2 aromatic carbocycles. The van der Waals surface area contributed by atoms with Crippen LogP contribution in [-0.4, -0.2) is 35.2 Å². The normalized spacial score (nSPS) is 15.0. The van der Waals surface area contributed by atoms with Crippen LogP contribution in [0.3, 0.4) is 0 Å². The second-order valence-electron chi connectivity index (χ2n) is 10.2. The standard InChI is InChI=1S/C28H18BrClF11N3O2/c1-12(13-5-6-13)44(24(46)14-7-8-42-20(30)9-14)19-4-2-3-16(21(19)31)23(45)43-22-17(26(33,34)35)10-15(11-18(22)29)25(32,27(36,37)38)28(39,40)41/h2-4,7-13H,5-6H2,1H3,(H,43,45). The molecule has 1 atom stereocenters. The van der Waals surface area contributed by atoms with E-state index in [4.69, 9.17) is 11.6 Å². The summed E-state index contributed by atoms with van der Waals surface area (Å²) < 4.78 is 151. The highest BCUT2D eigenvalue weighted by Gasteiger charge is 2.73. The molecule has 0 radical (unpaired) electrons. The predicted molar refractivity (Wildman–Crippen MR) is 147 cm³/mol. The van der Waals surface area contributed by atoms with E-state index in [0.717, 1.165) is 23.1 Å². The molecule has 0 bridgehead atoms. The maximum atomic E-state index is 16.0. The van der Waals surface area contributed by atoms with Gasteiger partial charge in [-0.15, -0.1) is 0 Å². The highest BCUT2D eigenvalue weighted by Crippen LogP contribution is 2.55. The molecule has 1 fully saturated rings. The van der Waals surface area contributed by atoms with Crippen LogP contribution in [0.1, 0.15) is 51.6 Å². The molecule has 0 saturated heterocycles. The Morgan fingerprint density at radius 3 is 2.11 bits per heavy atom. The van der Waals surface area contributed by atoms with Gasteiger partial charge in [-0.2, -0.15) is 39.5 Å². The third-order valence-corrected chi connectivity index (χ3v) is 8.03. The lowest BCUT2D eigenvalue weighted by atomic mass is 9.92. The number of nitrogens with one attached hydrogen (secondary N) is 1. The number of anilines is 2. The number of carbonyl (C=O) groups excluding carboxylic acids is 2. The molecule has 4 rings (SSSR count). The molecule has 0 aliphatic heterocycles. The van der Waals surface area contributed by atoms with Gasteiger partial charge in [0.15, 0.2) is 5.82 Å². The van der Waals surface area contributed by atoms with E-state index in [2.05, 4.69) is 20.9 Å². The van der Waals surface area contributed by atoms with Crippen molar-refractivity contribution in [2.75, 3.05) is 10.2 Å². The predicted octanol–water partition coefficient (Wildman–Crippen LogP) is 9.64. The van der Waals surface area contributed by atoms with Crippen LogP contribution in [0.25, 0.3) is 0 Å². The van der Waals surface area contributed by atoms with Gasteiger partial charge in [0.25, 0.3) is 11.8 Å². The zero-order valence-electron chi connectivity index (χ0n) is 22.8. The van der Waals surface area contributed by atoms with Crippen molar-refractivity contribution in [1.29, 1.82) is 0 Å². The quantitative estimate of drug-likeness (QED) is 0.193. The third-order valence-electron chi connectivity index (χ3n) is 7.20. The Bertz CT molecular complexity index is 1660. The minimum Gasteiger partial charge on any atom is -0.320 e. The number of rotatable bonds is 7. The molecule has 1 saturated carbocycles. The molecule has 1 aromatic heterocycles. The molecule has 2 amide bonds. The molecule has 1 unspecified atom stereocenters. The van der Waals surface area contributed by atoms with Crippen molar-refractivity contribution >= 4 is 50.7 Å². The molecule has 3 aromatic rings.